The lowest BCUT2D eigenvalue weighted by atomic mass is 9.86. The highest BCUT2D eigenvalue weighted by molar-refractivity contribution is 8.13. The number of amidine groups is 1. The van der Waals surface area contributed by atoms with Crippen LogP contribution in [-0.4, -0.2) is 29.1 Å². The standard InChI is InChI=1S/C22H26N2OS/c1-16-7-5-6-8-18(16)15-26-21-23-13-14-24(21)20(25)17-9-11-19(12-10-17)22(2,3)4/h5-12H,13-15H2,1-4H3. The van der Waals surface area contributed by atoms with Gasteiger partial charge in [-0.15, -0.1) is 0 Å². The Balaban J connectivity index is 1.69. The number of carbonyl (C=O) groups is 1. The number of nitrogens with zero attached hydrogens (tertiary/aromatic N) is 2. The molecule has 0 aromatic heterocycles. The topological polar surface area (TPSA) is 32.7 Å². The summed E-state index contributed by atoms with van der Waals surface area (Å²) in [5.74, 6) is 0.872. The fraction of sp³-hybridized carbons (Fsp3) is 0.364. The van der Waals surface area contributed by atoms with Gasteiger partial charge in [0.15, 0.2) is 5.17 Å². The van der Waals surface area contributed by atoms with Crippen LogP contribution >= 0.6 is 11.8 Å². The summed E-state index contributed by atoms with van der Waals surface area (Å²) in [5.41, 5.74) is 4.61. The molecule has 0 N–H and O–H groups in total. The van der Waals surface area contributed by atoms with Crippen molar-refractivity contribution in [3.63, 3.8) is 0 Å². The van der Waals surface area contributed by atoms with Crippen LogP contribution in [0.1, 0.15) is 47.8 Å². The molecule has 1 amide bonds. The van der Waals surface area contributed by atoms with Crippen molar-refractivity contribution in [3.05, 3.63) is 70.8 Å². The van der Waals surface area contributed by atoms with Crippen molar-refractivity contribution in [2.24, 2.45) is 4.99 Å². The average Bonchev–Trinajstić information content (AvgIpc) is 3.08. The number of thioether (sulfide) groups is 1. The smallest absolute Gasteiger partial charge is 0.259 e. The van der Waals surface area contributed by atoms with Gasteiger partial charge in [0.2, 0.25) is 0 Å². The van der Waals surface area contributed by atoms with E-state index < -0.39 is 0 Å². The van der Waals surface area contributed by atoms with Crippen molar-refractivity contribution in [3.8, 4) is 0 Å². The molecule has 1 heterocycles. The molecule has 0 saturated heterocycles. The molecule has 3 rings (SSSR count). The fourth-order valence-electron chi connectivity index (χ4n) is 2.92. The Morgan fingerprint density at radius 3 is 2.46 bits per heavy atom. The molecule has 1 aliphatic heterocycles. The highest BCUT2D eigenvalue weighted by Gasteiger charge is 2.25. The molecule has 0 bridgehead atoms. The van der Waals surface area contributed by atoms with Crippen LogP contribution in [-0.2, 0) is 11.2 Å². The molecule has 2 aromatic rings. The van der Waals surface area contributed by atoms with E-state index >= 15 is 0 Å². The van der Waals surface area contributed by atoms with Gasteiger partial charge in [-0.2, -0.15) is 0 Å². The summed E-state index contributed by atoms with van der Waals surface area (Å²) in [6.45, 7) is 10.00. The van der Waals surface area contributed by atoms with Crippen LogP contribution in [0.2, 0.25) is 0 Å². The van der Waals surface area contributed by atoms with Crippen molar-refractivity contribution in [2.45, 2.75) is 38.9 Å². The summed E-state index contributed by atoms with van der Waals surface area (Å²) < 4.78 is 0. The molecule has 0 saturated carbocycles. The zero-order chi connectivity index (χ0) is 18.7. The third-order valence-corrected chi connectivity index (χ3v) is 5.73. The Labute approximate surface area is 160 Å². The molecule has 0 radical (unpaired) electrons. The van der Waals surface area contributed by atoms with Crippen molar-refractivity contribution in [2.75, 3.05) is 13.1 Å². The van der Waals surface area contributed by atoms with Crippen molar-refractivity contribution >= 4 is 22.8 Å². The Kier molecular flexibility index (Phi) is 5.52. The van der Waals surface area contributed by atoms with Gasteiger partial charge in [0, 0.05) is 17.9 Å². The van der Waals surface area contributed by atoms with E-state index in [1.807, 2.05) is 23.1 Å². The molecule has 0 unspecified atom stereocenters. The van der Waals surface area contributed by atoms with E-state index in [9.17, 15) is 4.79 Å². The molecule has 0 atom stereocenters. The number of amides is 1. The Morgan fingerprint density at radius 1 is 1.12 bits per heavy atom. The molecule has 4 heteroatoms. The second kappa shape index (κ2) is 7.67. The zero-order valence-electron chi connectivity index (χ0n) is 16.0. The number of carbonyl (C=O) groups excluding carboxylic acids is 1. The lowest BCUT2D eigenvalue weighted by molar-refractivity contribution is 0.0860. The van der Waals surface area contributed by atoms with E-state index in [-0.39, 0.29) is 11.3 Å². The minimum Gasteiger partial charge on any atom is -0.286 e. The molecule has 136 valence electrons. The van der Waals surface area contributed by atoms with E-state index in [1.165, 1.54) is 16.7 Å². The van der Waals surface area contributed by atoms with Gasteiger partial charge < -0.3 is 0 Å². The maximum Gasteiger partial charge on any atom is 0.259 e. The summed E-state index contributed by atoms with van der Waals surface area (Å²) in [5, 5.41) is 0.832. The number of aliphatic imine (C=N–C) groups is 1. The molecule has 2 aromatic carbocycles. The first-order valence-corrected chi connectivity index (χ1v) is 9.99. The molecule has 0 spiro atoms. The van der Waals surface area contributed by atoms with Crippen LogP contribution in [0.4, 0.5) is 0 Å². The largest absolute Gasteiger partial charge is 0.286 e. The van der Waals surface area contributed by atoms with E-state index in [1.54, 1.807) is 11.8 Å². The van der Waals surface area contributed by atoms with E-state index in [0.717, 1.165) is 16.5 Å². The van der Waals surface area contributed by atoms with Gasteiger partial charge >= 0.3 is 0 Å². The zero-order valence-corrected chi connectivity index (χ0v) is 16.8. The number of hydrogen-bond acceptors (Lipinski definition) is 3. The summed E-state index contributed by atoms with van der Waals surface area (Å²) in [6, 6.07) is 16.3. The molecule has 0 aliphatic carbocycles. The predicted molar refractivity (Wildman–Crippen MR) is 111 cm³/mol. The van der Waals surface area contributed by atoms with Crippen LogP contribution in [0.5, 0.6) is 0 Å². The third kappa shape index (κ3) is 4.18. The average molecular weight is 367 g/mol. The van der Waals surface area contributed by atoms with Crippen molar-refractivity contribution in [1.82, 2.24) is 4.90 Å². The first kappa shape index (κ1) is 18.7. The van der Waals surface area contributed by atoms with Crippen molar-refractivity contribution in [1.29, 1.82) is 0 Å². The normalized spacial score (nSPS) is 14.5. The summed E-state index contributed by atoms with van der Waals surface area (Å²) in [4.78, 5) is 19.3. The van der Waals surface area contributed by atoms with Crippen LogP contribution in [0.15, 0.2) is 53.5 Å². The SMILES string of the molecule is Cc1ccccc1CSC1=NCCN1C(=O)c1ccc(C(C)(C)C)cc1. The van der Waals surface area contributed by atoms with Crippen molar-refractivity contribution < 1.29 is 4.79 Å². The summed E-state index contributed by atoms with van der Waals surface area (Å²) in [6.07, 6.45) is 0. The van der Waals surface area contributed by atoms with Gasteiger partial charge in [-0.05, 0) is 41.2 Å². The number of rotatable bonds is 3. The maximum absolute atomic E-state index is 12.9. The molecule has 26 heavy (non-hydrogen) atoms. The number of benzene rings is 2. The molecular formula is C22H26N2OS. The monoisotopic (exact) mass is 366 g/mol. The highest BCUT2D eigenvalue weighted by atomic mass is 32.2. The molecule has 1 aliphatic rings. The minimum atomic E-state index is 0.0407. The lowest BCUT2D eigenvalue weighted by Gasteiger charge is -2.21. The first-order valence-electron chi connectivity index (χ1n) is 9.00. The number of aryl methyl sites for hydroxylation is 1. The highest BCUT2D eigenvalue weighted by Crippen LogP contribution is 2.25. The van der Waals surface area contributed by atoms with E-state index in [4.69, 9.17) is 0 Å². The quantitative estimate of drug-likeness (QED) is 0.762. The predicted octanol–water partition coefficient (Wildman–Crippen LogP) is 5.04. The molecule has 3 nitrogen and oxygen atoms in total. The third-order valence-electron chi connectivity index (χ3n) is 4.66. The van der Waals surface area contributed by atoms with Crippen LogP contribution < -0.4 is 0 Å². The summed E-state index contributed by atoms with van der Waals surface area (Å²) in [7, 11) is 0. The lowest BCUT2D eigenvalue weighted by Crippen LogP contribution is -2.32. The van der Waals surface area contributed by atoms with Gasteiger partial charge in [0.25, 0.3) is 5.91 Å². The van der Waals surface area contributed by atoms with Crippen LogP contribution in [0.3, 0.4) is 0 Å². The van der Waals surface area contributed by atoms with Crippen LogP contribution in [0, 0.1) is 6.92 Å². The molecule has 0 fully saturated rings. The second-order valence-electron chi connectivity index (χ2n) is 7.66. The Bertz CT molecular complexity index is 819. The van der Waals surface area contributed by atoms with E-state index in [2.05, 4.69) is 63.0 Å². The van der Waals surface area contributed by atoms with Gasteiger partial charge in [-0.3, -0.25) is 14.7 Å². The fourth-order valence-corrected chi connectivity index (χ4v) is 4.04. The minimum absolute atomic E-state index is 0.0407. The van der Waals surface area contributed by atoms with Gasteiger partial charge in [-0.25, -0.2) is 0 Å². The number of hydrogen-bond donors (Lipinski definition) is 0. The van der Waals surface area contributed by atoms with E-state index in [0.29, 0.717) is 13.1 Å². The summed E-state index contributed by atoms with van der Waals surface area (Å²) >= 11 is 1.64. The van der Waals surface area contributed by atoms with Crippen LogP contribution in [0.25, 0.3) is 0 Å². The van der Waals surface area contributed by atoms with Gasteiger partial charge in [-0.1, -0.05) is 68.9 Å². The Hall–Kier alpha value is -2.07. The molecular weight excluding hydrogens is 340 g/mol. The van der Waals surface area contributed by atoms with Gasteiger partial charge in [0.1, 0.15) is 0 Å². The first-order chi connectivity index (χ1) is 12.4. The Morgan fingerprint density at radius 2 is 1.81 bits per heavy atom. The maximum atomic E-state index is 12.9. The second-order valence-corrected chi connectivity index (χ2v) is 8.61. The van der Waals surface area contributed by atoms with Gasteiger partial charge in [0.05, 0.1) is 6.54 Å².